The Balaban J connectivity index is 1.75. The minimum absolute atomic E-state index is 0.188. The number of ether oxygens (including phenoxy) is 1. The molecule has 1 N–H and O–H groups in total. The summed E-state index contributed by atoms with van der Waals surface area (Å²) in [6.45, 7) is 2.96. The highest BCUT2D eigenvalue weighted by molar-refractivity contribution is 5.33. The highest BCUT2D eigenvalue weighted by atomic mass is 19.1. The number of halogens is 1. The van der Waals surface area contributed by atoms with Crippen LogP contribution in [0, 0.1) is 5.82 Å². The van der Waals surface area contributed by atoms with Gasteiger partial charge < -0.3 is 9.75 Å². The number of hydrazine groups is 1. The number of allylic oxidation sites excluding steroid dienone is 1. The molecule has 2 aliphatic rings. The van der Waals surface area contributed by atoms with Crippen molar-refractivity contribution in [1.82, 2.24) is 10.4 Å². The monoisotopic (exact) mass is 276 g/mol. The summed E-state index contributed by atoms with van der Waals surface area (Å²) in [6, 6.07) is 5.73. The first-order valence-corrected chi connectivity index (χ1v) is 7.23. The highest BCUT2D eigenvalue weighted by Gasteiger charge is 2.29. The van der Waals surface area contributed by atoms with E-state index in [4.69, 9.17) is 4.74 Å². The molecule has 0 spiro atoms. The Hall–Kier alpha value is -1.55. The lowest BCUT2D eigenvalue weighted by Crippen LogP contribution is -2.44. The molecule has 1 fully saturated rings. The molecular formula is C16H21FN2O. The average Bonchev–Trinajstić information content (AvgIpc) is 2.72. The zero-order chi connectivity index (χ0) is 14.1. The maximum absolute atomic E-state index is 14.0. The second kappa shape index (κ2) is 5.44. The van der Waals surface area contributed by atoms with Crippen LogP contribution in [0.1, 0.15) is 31.7 Å². The molecular weight excluding hydrogens is 255 g/mol. The largest absolute Gasteiger partial charge is 0.497 e. The maximum atomic E-state index is 14.0. The van der Waals surface area contributed by atoms with Crippen molar-refractivity contribution in [2.45, 2.75) is 38.6 Å². The highest BCUT2D eigenvalue weighted by Crippen LogP contribution is 2.31. The van der Waals surface area contributed by atoms with E-state index in [2.05, 4.69) is 17.4 Å². The van der Waals surface area contributed by atoms with Gasteiger partial charge in [0.1, 0.15) is 11.6 Å². The van der Waals surface area contributed by atoms with Gasteiger partial charge in [0, 0.05) is 24.4 Å². The van der Waals surface area contributed by atoms with E-state index in [1.54, 1.807) is 7.11 Å². The van der Waals surface area contributed by atoms with E-state index in [0.29, 0.717) is 18.2 Å². The summed E-state index contributed by atoms with van der Waals surface area (Å²) in [6.07, 6.45) is 4.50. The summed E-state index contributed by atoms with van der Waals surface area (Å²) in [5.74, 6) is 0.379. The average molecular weight is 276 g/mol. The van der Waals surface area contributed by atoms with Crippen LogP contribution in [0.25, 0.3) is 0 Å². The van der Waals surface area contributed by atoms with Gasteiger partial charge in [-0.3, -0.25) is 0 Å². The minimum Gasteiger partial charge on any atom is -0.497 e. The lowest BCUT2D eigenvalue weighted by atomic mass is 9.92. The summed E-state index contributed by atoms with van der Waals surface area (Å²) >= 11 is 0. The Morgan fingerprint density at radius 2 is 2.20 bits per heavy atom. The second-order valence-corrected chi connectivity index (χ2v) is 5.61. The summed E-state index contributed by atoms with van der Waals surface area (Å²) in [5.41, 5.74) is 6.71. The number of nitrogens with zero attached hydrogens (tertiary/aromatic N) is 1. The van der Waals surface area contributed by atoms with Gasteiger partial charge in [-0.2, -0.15) is 0 Å². The van der Waals surface area contributed by atoms with Gasteiger partial charge in [-0.15, -0.1) is 0 Å². The van der Waals surface area contributed by atoms with Crippen LogP contribution < -0.4 is 10.2 Å². The number of hydrogen-bond donors (Lipinski definition) is 1. The van der Waals surface area contributed by atoms with Gasteiger partial charge >= 0.3 is 0 Å². The molecule has 20 heavy (non-hydrogen) atoms. The van der Waals surface area contributed by atoms with E-state index in [-0.39, 0.29) is 5.82 Å². The van der Waals surface area contributed by atoms with Crippen molar-refractivity contribution in [3.05, 3.63) is 40.8 Å². The fraction of sp³-hybridized carbons (Fsp3) is 0.500. The van der Waals surface area contributed by atoms with E-state index < -0.39 is 0 Å². The molecule has 1 saturated carbocycles. The van der Waals surface area contributed by atoms with Gasteiger partial charge in [0.05, 0.1) is 7.11 Å². The topological polar surface area (TPSA) is 24.5 Å². The Bertz CT molecular complexity index is 537. The molecule has 0 amide bonds. The third-order valence-corrected chi connectivity index (χ3v) is 4.44. The molecule has 1 aliphatic heterocycles. The smallest absolute Gasteiger partial charge is 0.130 e. The first-order chi connectivity index (χ1) is 9.69. The van der Waals surface area contributed by atoms with E-state index in [0.717, 1.165) is 12.1 Å². The van der Waals surface area contributed by atoms with E-state index in [1.807, 2.05) is 12.1 Å². The van der Waals surface area contributed by atoms with Crippen LogP contribution in [0.3, 0.4) is 0 Å². The van der Waals surface area contributed by atoms with Crippen LogP contribution in [0.15, 0.2) is 29.5 Å². The molecule has 1 aromatic carbocycles. The molecule has 3 rings (SSSR count). The molecule has 4 heteroatoms. The van der Waals surface area contributed by atoms with Crippen LogP contribution in [-0.4, -0.2) is 24.7 Å². The molecule has 1 aliphatic carbocycles. The van der Waals surface area contributed by atoms with Gasteiger partial charge in [-0.05, 0) is 49.8 Å². The van der Waals surface area contributed by atoms with E-state index in [1.165, 1.54) is 36.6 Å². The molecule has 0 aromatic heterocycles. The van der Waals surface area contributed by atoms with Crippen LogP contribution in [0.5, 0.6) is 5.75 Å². The zero-order valence-corrected chi connectivity index (χ0v) is 12.1. The van der Waals surface area contributed by atoms with Crippen molar-refractivity contribution in [1.29, 1.82) is 0 Å². The first-order valence-electron chi connectivity index (χ1n) is 7.23. The summed E-state index contributed by atoms with van der Waals surface area (Å²) in [5, 5.41) is 2.28. The minimum atomic E-state index is -0.188. The van der Waals surface area contributed by atoms with Gasteiger partial charge in [0.2, 0.25) is 0 Å². The predicted octanol–water partition coefficient (Wildman–Crippen LogP) is 3.02. The molecule has 0 radical (unpaired) electrons. The van der Waals surface area contributed by atoms with Gasteiger partial charge in [0.25, 0.3) is 0 Å². The van der Waals surface area contributed by atoms with Gasteiger partial charge in [-0.1, -0.05) is 6.07 Å². The number of nitrogens with one attached hydrogen (secondary N) is 1. The fourth-order valence-corrected chi connectivity index (χ4v) is 2.86. The molecule has 0 atom stereocenters. The first kappa shape index (κ1) is 13.4. The predicted molar refractivity (Wildman–Crippen MR) is 76.8 cm³/mol. The fourth-order valence-electron chi connectivity index (χ4n) is 2.86. The van der Waals surface area contributed by atoms with E-state index in [9.17, 15) is 4.39 Å². The molecule has 3 nitrogen and oxygen atoms in total. The normalized spacial score (nSPS) is 19.4. The van der Waals surface area contributed by atoms with Crippen molar-refractivity contribution < 1.29 is 9.13 Å². The van der Waals surface area contributed by atoms with Crippen molar-refractivity contribution in [3.8, 4) is 5.75 Å². The number of hydrogen-bond acceptors (Lipinski definition) is 3. The number of methoxy groups -OCH3 is 1. The van der Waals surface area contributed by atoms with Crippen molar-refractivity contribution in [2.75, 3.05) is 13.7 Å². The van der Waals surface area contributed by atoms with Crippen LogP contribution in [0.4, 0.5) is 4.39 Å². The molecule has 108 valence electrons. The summed E-state index contributed by atoms with van der Waals surface area (Å²) < 4.78 is 19.1. The number of benzene rings is 1. The Kier molecular flexibility index (Phi) is 3.66. The van der Waals surface area contributed by atoms with Gasteiger partial charge in [0.15, 0.2) is 0 Å². The van der Waals surface area contributed by atoms with Crippen molar-refractivity contribution >= 4 is 0 Å². The standard InChI is InChI=1S/C16H21FN2O/c1-11-13(10-18-19(11)14-4-3-5-14)8-12-6-7-15(20-2)9-16(12)17/h6-7,9,14,18H,3-5,8,10H2,1-2H3. The lowest BCUT2D eigenvalue weighted by molar-refractivity contribution is 0.130. The van der Waals surface area contributed by atoms with Crippen molar-refractivity contribution in [2.24, 2.45) is 0 Å². The Morgan fingerprint density at radius 3 is 2.80 bits per heavy atom. The summed E-state index contributed by atoms with van der Waals surface area (Å²) in [7, 11) is 1.55. The molecule has 0 saturated heterocycles. The van der Waals surface area contributed by atoms with Crippen LogP contribution >= 0.6 is 0 Å². The quantitative estimate of drug-likeness (QED) is 0.915. The van der Waals surface area contributed by atoms with E-state index >= 15 is 0 Å². The molecule has 1 aromatic rings. The summed E-state index contributed by atoms with van der Waals surface area (Å²) in [4.78, 5) is 0. The second-order valence-electron chi connectivity index (χ2n) is 5.61. The Morgan fingerprint density at radius 1 is 1.40 bits per heavy atom. The maximum Gasteiger partial charge on any atom is 0.130 e. The molecule has 0 unspecified atom stereocenters. The third kappa shape index (κ3) is 2.40. The molecule has 0 bridgehead atoms. The zero-order valence-electron chi connectivity index (χ0n) is 12.1. The lowest BCUT2D eigenvalue weighted by Gasteiger charge is -2.36. The van der Waals surface area contributed by atoms with Crippen LogP contribution in [0.2, 0.25) is 0 Å². The number of rotatable bonds is 4. The molecule has 1 heterocycles. The SMILES string of the molecule is COc1ccc(CC2=C(C)N(C3CCC3)NC2)c(F)c1. The Labute approximate surface area is 119 Å². The van der Waals surface area contributed by atoms with Crippen molar-refractivity contribution in [3.63, 3.8) is 0 Å². The van der Waals surface area contributed by atoms with Crippen LogP contribution in [-0.2, 0) is 6.42 Å². The van der Waals surface area contributed by atoms with Gasteiger partial charge in [-0.25, -0.2) is 9.82 Å². The third-order valence-electron chi connectivity index (χ3n) is 4.44.